The van der Waals surface area contributed by atoms with E-state index in [1.165, 1.54) is 51.4 Å². The van der Waals surface area contributed by atoms with E-state index in [1.54, 1.807) is 0 Å². The first-order valence-corrected chi connectivity index (χ1v) is 16.5. The lowest BCUT2D eigenvalue weighted by atomic mass is 9.44. The van der Waals surface area contributed by atoms with E-state index in [9.17, 15) is 25.0 Å². The molecular weight excluding hydrogens is 532 g/mol. The summed E-state index contributed by atoms with van der Waals surface area (Å²) in [4.78, 5) is 35.2. The van der Waals surface area contributed by atoms with Gasteiger partial charge in [-0.2, -0.15) is 0 Å². The molecule has 0 radical (unpaired) electrons. The Morgan fingerprint density at radius 3 is 2.24 bits per heavy atom. The first-order valence-electron chi connectivity index (χ1n) is 16.5. The van der Waals surface area contributed by atoms with Crippen LogP contribution in [0, 0.1) is 72.5 Å². The Labute approximate surface area is 250 Å². The van der Waals surface area contributed by atoms with E-state index < -0.39 is 27.2 Å². The number of rotatable bonds is 9. The van der Waals surface area contributed by atoms with Crippen LogP contribution < -0.4 is 0 Å². The second-order valence-electron chi connectivity index (χ2n) is 15.2. The van der Waals surface area contributed by atoms with Gasteiger partial charge in [0.1, 0.15) is 6.10 Å². The van der Waals surface area contributed by atoms with E-state index in [0.717, 1.165) is 55.7 Å². The molecule has 0 spiro atoms. The van der Waals surface area contributed by atoms with Gasteiger partial charge in [0, 0.05) is 18.1 Å². The van der Waals surface area contributed by atoms with Crippen LogP contribution in [0.25, 0.3) is 0 Å². The van der Waals surface area contributed by atoms with Crippen LogP contribution in [0.1, 0.15) is 122 Å². The van der Waals surface area contributed by atoms with Gasteiger partial charge in [-0.05, 0) is 91.3 Å². The molecule has 0 bridgehead atoms. The molecule has 232 valence electrons. The summed E-state index contributed by atoms with van der Waals surface area (Å²) in [5, 5.41) is 23.0. The Kier molecular flexibility index (Phi) is 8.75. The highest BCUT2D eigenvalue weighted by atomic mass is 16.6. The number of nitro groups is 2. The molecule has 4 aliphatic carbocycles. The highest BCUT2D eigenvalue weighted by molar-refractivity contribution is 5.91. The predicted molar refractivity (Wildman–Crippen MR) is 162 cm³/mol. The zero-order chi connectivity index (χ0) is 30.4. The third-order valence-corrected chi connectivity index (χ3v) is 12.5. The van der Waals surface area contributed by atoms with E-state index >= 15 is 0 Å². The van der Waals surface area contributed by atoms with Gasteiger partial charge in [-0.25, -0.2) is 4.79 Å². The molecule has 8 nitrogen and oxygen atoms in total. The number of non-ortho nitro benzene ring substituents is 2. The van der Waals surface area contributed by atoms with Crippen LogP contribution in [0.5, 0.6) is 0 Å². The van der Waals surface area contributed by atoms with Crippen molar-refractivity contribution in [1.82, 2.24) is 0 Å². The van der Waals surface area contributed by atoms with Crippen molar-refractivity contribution in [3.63, 3.8) is 0 Å². The number of nitrogens with zero attached hydrogens (tertiary/aromatic N) is 2. The molecule has 42 heavy (non-hydrogen) atoms. The number of fused-ring (bicyclic) bond motifs is 5. The number of ether oxygens (including phenoxy) is 1. The zero-order valence-corrected chi connectivity index (χ0v) is 26.2. The van der Waals surface area contributed by atoms with E-state index in [4.69, 9.17) is 4.74 Å². The zero-order valence-electron chi connectivity index (χ0n) is 26.2. The third-order valence-electron chi connectivity index (χ3n) is 12.5. The Morgan fingerprint density at radius 2 is 1.60 bits per heavy atom. The number of esters is 1. The van der Waals surface area contributed by atoms with Crippen LogP contribution in [-0.2, 0) is 4.74 Å². The fourth-order valence-electron chi connectivity index (χ4n) is 10.6. The summed E-state index contributed by atoms with van der Waals surface area (Å²) in [6, 6.07) is 3.12. The van der Waals surface area contributed by atoms with Crippen molar-refractivity contribution < 1.29 is 19.4 Å². The maximum atomic E-state index is 13.6. The lowest BCUT2D eigenvalue weighted by Crippen LogP contribution is -2.53. The molecule has 2 unspecified atom stereocenters. The monoisotopic (exact) mass is 582 g/mol. The largest absolute Gasteiger partial charge is 0.458 e. The smallest absolute Gasteiger partial charge is 0.338 e. The average molecular weight is 583 g/mol. The summed E-state index contributed by atoms with van der Waals surface area (Å²) in [5.74, 6) is 3.20. The van der Waals surface area contributed by atoms with Crippen molar-refractivity contribution >= 4 is 17.3 Å². The molecule has 5 rings (SSSR count). The first kappa shape index (κ1) is 30.9. The van der Waals surface area contributed by atoms with E-state index in [0.29, 0.717) is 29.1 Å². The van der Waals surface area contributed by atoms with Crippen molar-refractivity contribution in [2.45, 2.75) is 118 Å². The molecule has 0 saturated heterocycles. The lowest BCUT2D eigenvalue weighted by molar-refractivity contribution is -0.394. The summed E-state index contributed by atoms with van der Waals surface area (Å²) in [5.41, 5.74) is -0.576. The van der Waals surface area contributed by atoms with Crippen molar-refractivity contribution in [3.05, 3.63) is 44.0 Å². The fraction of sp³-hybridized carbons (Fsp3) is 0.794. The molecule has 0 N–H and O–H groups in total. The summed E-state index contributed by atoms with van der Waals surface area (Å²) in [6.45, 7) is 11.9. The molecule has 1 aromatic rings. The number of carbonyl (C=O) groups excluding carboxylic acids is 1. The van der Waals surface area contributed by atoms with Crippen LogP contribution >= 0.6 is 0 Å². The normalized spacial score (nSPS) is 36.4. The molecule has 0 heterocycles. The summed E-state index contributed by atoms with van der Waals surface area (Å²) in [6.07, 6.45) is 14.3. The summed E-state index contributed by atoms with van der Waals surface area (Å²) < 4.78 is 6.31. The molecule has 0 amide bonds. The molecule has 9 atom stereocenters. The first-order chi connectivity index (χ1) is 19.8. The predicted octanol–water partition coefficient (Wildman–Crippen LogP) is 9.15. The second-order valence-corrected chi connectivity index (χ2v) is 15.2. The molecular formula is C34H50N2O6. The Balaban J connectivity index is 1.44. The highest BCUT2D eigenvalue weighted by Gasteiger charge is 2.63. The lowest BCUT2D eigenvalue weighted by Gasteiger charge is -2.60. The van der Waals surface area contributed by atoms with Crippen molar-refractivity contribution in [1.29, 1.82) is 0 Å². The van der Waals surface area contributed by atoms with Gasteiger partial charge in [0.15, 0.2) is 0 Å². The Bertz CT molecular complexity index is 1170. The van der Waals surface area contributed by atoms with Crippen LogP contribution in [0.3, 0.4) is 0 Å². The Hall–Kier alpha value is -2.51. The minimum atomic E-state index is -0.698. The van der Waals surface area contributed by atoms with E-state index in [1.807, 2.05) is 0 Å². The van der Waals surface area contributed by atoms with Gasteiger partial charge >= 0.3 is 5.97 Å². The minimum Gasteiger partial charge on any atom is -0.458 e. The number of nitro benzene ring substituents is 2. The highest BCUT2D eigenvalue weighted by Crippen LogP contribution is 2.68. The van der Waals surface area contributed by atoms with Gasteiger partial charge in [-0.15, -0.1) is 0 Å². The second kappa shape index (κ2) is 11.9. The molecule has 8 heteroatoms. The van der Waals surface area contributed by atoms with Crippen molar-refractivity contribution in [3.8, 4) is 0 Å². The van der Waals surface area contributed by atoms with Gasteiger partial charge in [-0.1, -0.05) is 66.7 Å². The third kappa shape index (κ3) is 5.59. The molecule has 0 aromatic heterocycles. The van der Waals surface area contributed by atoms with Gasteiger partial charge in [0.25, 0.3) is 11.4 Å². The van der Waals surface area contributed by atoms with Crippen LogP contribution in [-0.4, -0.2) is 21.9 Å². The molecule has 0 aliphatic heterocycles. The van der Waals surface area contributed by atoms with E-state index in [-0.39, 0.29) is 23.0 Å². The average Bonchev–Trinajstić information content (AvgIpc) is 3.23. The maximum absolute atomic E-state index is 13.6. The molecule has 4 aliphatic rings. The van der Waals surface area contributed by atoms with Crippen molar-refractivity contribution in [2.24, 2.45) is 52.3 Å². The standard InChI is InChI=1S/C34H50N2O6/c1-21(2)9-8-10-22(3)31-30(42-32(37)23-17-25(35(38)39)19-26(18-23)36(40)41)20-29-27-13-12-24-11-6-7-15-33(24,4)28(27)14-16-34(29,31)5/h17-19,21-22,24,27-31H,6-16,20H2,1-5H3/t22-,24?,27-,28+,29+,30?,31+,33+,34+/m1/s1. The minimum absolute atomic E-state index is 0.0654. The topological polar surface area (TPSA) is 113 Å². The van der Waals surface area contributed by atoms with Gasteiger partial charge in [-0.3, -0.25) is 20.2 Å². The number of hydrogen-bond acceptors (Lipinski definition) is 6. The van der Waals surface area contributed by atoms with Gasteiger partial charge in [0.05, 0.1) is 21.5 Å². The van der Waals surface area contributed by atoms with Crippen LogP contribution in [0.2, 0.25) is 0 Å². The summed E-state index contributed by atoms with van der Waals surface area (Å²) >= 11 is 0. The number of benzene rings is 1. The molecule has 4 fully saturated rings. The quantitative estimate of drug-likeness (QED) is 0.163. The SMILES string of the molecule is CC(C)CCC[C@@H](C)[C@H]1C(OC(=O)c2cc([N+](=O)[O-])cc([N+](=O)[O-])c2)C[C@H]2[C@@H]3CCC4CCCC[C@]4(C)[C@H]3CC[C@]12C. The molecule has 1 aromatic carbocycles. The number of carbonyl (C=O) groups is 1. The van der Waals surface area contributed by atoms with E-state index in [2.05, 4.69) is 34.6 Å². The van der Waals surface area contributed by atoms with Crippen LogP contribution in [0.4, 0.5) is 11.4 Å². The Morgan fingerprint density at radius 1 is 0.905 bits per heavy atom. The molecule has 4 saturated carbocycles. The van der Waals surface area contributed by atoms with Gasteiger partial charge in [0.2, 0.25) is 0 Å². The van der Waals surface area contributed by atoms with Crippen molar-refractivity contribution in [2.75, 3.05) is 0 Å². The maximum Gasteiger partial charge on any atom is 0.338 e. The number of hydrogen-bond donors (Lipinski definition) is 0. The fourth-order valence-corrected chi connectivity index (χ4v) is 10.6. The summed E-state index contributed by atoms with van der Waals surface area (Å²) in [7, 11) is 0. The van der Waals surface area contributed by atoms with Gasteiger partial charge < -0.3 is 4.74 Å². The van der Waals surface area contributed by atoms with Crippen LogP contribution in [0.15, 0.2) is 18.2 Å².